The molecule has 1 heterocycles. The van der Waals surface area contributed by atoms with E-state index in [9.17, 15) is 20.1 Å². The lowest BCUT2D eigenvalue weighted by molar-refractivity contribution is 0.0954. The van der Waals surface area contributed by atoms with Crippen molar-refractivity contribution in [1.29, 1.82) is 0 Å². The molecule has 0 saturated carbocycles. The molecule has 3 aromatic rings. The SMILES string of the molecule is C/C(=N\NC(=O)c1ccc(O)c(O)c1)c1csc(-c2ccc(C(C)(C)C)cc2)c1O. The highest BCUT2D eigenvalue weighted by atomic mass is 32.1. The van der Waals surface area contributed by atoms with Crippen molar-refractivity contribution in [3.63, 3.8) is 0 Å². The van der Waals surface area contributed by atoms with Gasteiger partial charge >= 0.3 is 0 Å². The Bertz CT molecular complexity index is 1110. The fourth-order valence-corrected chi connectivity index (χ4v) is 3.87. The number of hydrogen-bond acceptors (Lipinski definition) is 6. The summed E-state index contributed by atoms with van der Waals surface area (Å²) in [4.78, 5) is 12.9. The summed E-state index contributed by atoms with van der Waals surface area (Å²) < 4.78 is 0. The lowest BCUT2D eigenvalue weighted by Crippen LogP contribution is -2.19. The molecule has 0 fully saturated rings. The van der Waals surface area contributed by atoms with Crippen LogP contribution in [-0.2, 0) is 5.41 Å². The van der Waals surface area contributed by atoms with E-state index < -0.39 is 5.91 Å². The number of carbonyl (C=O) groups excluding carboxylic acids is 1. The molecule has 30 heavy (non-hydrogen) atoms. The van der Waals surface area contributed by atoms with Crippen LogP contribution in [-0.4, -0.2) is 26.9 Å². The molecule has 0 radical (unpaired) electrons. The van der Waals surface area contributed by atoms with Crippen molar-refractivity contribution in [2.75, 3.05) is 0 Å². The zero-order valence-corrected chi connectivity index (χ0v) is 18.0. The van der Waals surface area contributed by atoms with Crippen molar-refractivity contribution < 1.29 is 20.1 Å². The maximum atomic E-state index is 12.2. The minimum absolute atomic E-state index is 0.0525. The van der Waals surface area contributed by atoms with E-state index in [0.717, 1.165) is 16.5 Å². The normalized spacial score (nSPS) is 12.1. The average Bonchev–Trinajstić information content (AvgIpc) is 3.08. The van der Waals surface area contributed by atoms with E-state index in [-0.39, 0.29) is 28.2 Å². The maximum Gasteiger partial charge on any atom is 0.271 e. The number of hydrogen-bond donors (Lipinski definition) is 4. The Balaban J connectivity index is 1.79. The predicted molar refractivity (Wildman–Crippen MR) is 120 cm³/mol. The fourth-order valence-electron chi connectivity index (χ4n) is 2.86. The van der Waals surface area contributed by atoms with Gasteiger partial charge in [0, 0.05) is 10.9 Å². The maximum absolute atomic E-state index is 12.2. The summed E-state index contributed by atoms with van der Waals surface area (Å²) in [6.45, 7) is 8.13. The van der Waals surface area contributed by atoms with Crippen LogP contribution in [0.15, 0.2) is 52.9 Å². The molecule has 0 spiro atoms. The van der Waals surface area contributed by atoms with Crippen LogP contribution in [0.3, 0.4) is 0 Å². The number of benzene rings is 2. The molecule has 0 aliphatic carbocycles. The van der Waals surface area contributed by atoms with E-state index >= 15 is 0 Å². The molecule has 7 heteroatoms. The quantitative estimate of drug-likeness (QED) is 0.269. The molecule has 2 aromatic carbocycles. The van der Waals surface area contributed by atoms with Gasteiger partial charge in [-0.3, -0.25) is 4.79 Å². The average molecular weight is 425 g/mol. The van der Waals surface area contributed by atoms with Crippen molar-refractivity contribution in [2.24, 2.45) is 5.10 Å². The van der Waals surface area contributed by atoms with Crippen LogP contribution in [0.4, 0.5) is 0 Å². The monoisotopic (exact) mass is 424 g/mol. The summed E-state index contributed by atoms with van der Waals surface area (Å²) in [5, 5.41) is 35.4. The summed E-state index contributed by atoms with van der Waals surface area (Å²) in [5.41, 5.74) is 5.69. The second-order valence-corrected chi connectivity index (χ2v) is 8.88. The standard InChI is InChI=1S/C23H24N2O4S/c1-13(24-25-22(29)15-7-10-18(26)19(27)11-15)17-12-30-21(20(17)28)14-5-8-16(9-6-14)23(2,3)4/h5-12,26-28H,1-4H3,(H,25,29)/b24-13+. The van der Waals surface area contributed by atoms with Crippen molar-refractivity contribution in [3.05, 3.63) is 64.5 Å². The highest BCUT2D eigenvalue weighted by Crippen LogP contribution is 2.39. The van der Waals surface area contributed by atoms with Gasteiger partial charge in [0.2, 0.25) is 0 Å². The molecule has 4 N–H and O–H groups in total. The number of thiophene rings is 1. The molecule has 0 aliphatic rings. The van der Waals surface area contributed by atoms with Gasteiger partial charge in [0.15, 0.2) is 11.5 Å². The first kappa shape index (κ1) is 21.4. The van der Waals surface area contributed by atoms with Gasteiger partial charge in [-0.25, -0.2) is 5.43 Å². The predicted octanol–water partition coefficient (Wildman–Crippen LogP) is 4.98. The third kappa shape index (κ3) is 4.46. The Labute approximate surface area is 179 Å². The Kier molecular flexibility index (Phi) is 5.85. The zero-order valence-electron chi connectivity index (χ0n) is 17.2. The number of hydrazone groups is 1. The number of aromatic hydroxyl groups is 3. The molecule has 0 saturated heterocycles. The van der Waals surface area contributed by atoms with E-state index in [1.807, 2.05) is 12.1 Å². The minimum atomic E-state index is -0.544. The number of amides is 1. The van der Waals surface area contributed by atoms with Gasteiger partial charge in [0.25, 0.3) is 5.91 Å². The van der Waals surface area contributed by atoms with Gasteiger partial charge in [-0.2, -0.15) is 5.10 Å². The van der Waals surface area contributed by atoms with Crippen LogP contribution in [0.1, 0.15) is 49.2 Å². The highest BCUT2D eigenvalue weighted by molar-refractivity contribution is 7.14. The van der Waals surface area contributed by atoms with Gasteiger partial charge in [-0.05, 0) is 41.7 Å². The van der Waals surface area contributed by atoms with Crippen LogP contribution in [0.5, 0.6) is 17.2 Å². The number of phenols is 2. The van der Waals surface area contributed by atoms with Crippen molar-refractivity contribution in [2.45, 2.75) is 33.1 Å². The van der Waals surface area contributed by atoms with Crippen LogP contribution in [0.2, 0.25) is 0 Å². The van der Waals surface area contributed by atoms with Crippen molar-refractivity contribution >= 4 is 23.0 Å². The highest BCUT2D eigenvalue weighted by Gasteiger charge is 2.17. The lowest BCUT2D eigenvalue weighted by atomic mass is 9.86. The van der Waals surface area contributed by atoms with Crippen LogP contribution >= 0.6 is 11.3 Å². The molecule has 3 rings (SSSR count). The number of rotatable bonds is 4. The Hall–Kier alpha value is -3.32. The van der Waals surface area contributed by atoms with Gasteiger partial charge in [0.05, 0.1) is 16.2 Å². The van der Waals surface area contributed by atoms with E-state index in [4.69, 9.17) is 0 Å². The summed E-state index contributed by atoms with van der Waals surface area (Å²) >= 11 is 1.40. The number of carbonyl (C=O) groups is 1. The smallest absolute Gasteiger partial charge is 0.271 e. The summed E-state index contributed by atoms with van der Waals surface area (Å²) in [6.07, 6.45) is 0. The molecule has 156 valence electrons. The number of nitrogens with one attached hydrogen (secondary N) is 1. The topological polar surface area (TPSA) is 102 Å². The second kappa shape index (κ2) is 8.20. The molecule has 1 amide bonds. The molecular formula is C23H24N2O4S. The van der Waals surface area contributed by atoms with Crippen LogP contribution in [0, 0.1) is 0 Å². The molecule has 0 atom stereocenters. The lowest BCUT2D eigenvalue weighted by Gasteiger charge is -2.19. The molecule has 0 bridgehead atoms. The molecule has 6 nitrogen and oxygen atoms in total. The van der Waals surface area contributed by atoms with Crippen molar-refractivity contribution in [3.8, 4) is 27.7 Å². The minimum Gasteiger partial charge on any atom is -0.506 e. The number of nitrogens with zero attached hydrogens (tertiary/aromatic N) is 1. The first-order chi connectivity index (χ1) is 14.1. The van der Waals surface area contributed by atoms with Crippen LogP contribution < -0.4 is 5.43 Å². The van der Waals surface area contributed by atoms with Crippen LogP contribution in [0.25, 0.3) is 10.4 Å². The van der Waals surface area contributed by atoms with Gasteiger partial charge in [-0.1, -0.05) is 45.0 Å². The van der Waals surface area contributed by atoms with Crippen molar-refractivity contribution in [1.82, 2.24) is 5.43 Å². The second-order valence-electron chi connectivity index (χ2n) is 8.00. The largest absolute Gasteiger partial charge is 0.506 e. The van der Waals surface area contributed by atoms with E-state index in [2.05, 4.69) is 43.4 Å². The van der Waals surface area contributed by atoms with E-state index in [1.165, 1.54) is 29.0 Å². The third-order valence-electron chi connectivity index (χ3n) is 4.73. The molecule has 0 unspecified atom stereocenters. The van der Waals surface area contributed by atoms with Gasteiger partial charge in [0.1, 0.15) is 5.75 Å². The summed E-state index contributed by atoms with van der Waals surface area (Å²) in [7, 11) is 0. The summed E-state index contributed by atoms with van der Waals surface area (Å²) in [6, 6.07) is 11.8. The fraction of sp³-hybridized carbons (Fsp3) is 0.217. The Morgan fingerprint density at radius 3 is 2.27 bits per heavy atom. The van der Waals surface area contributed by atoms with Gasteiger partial charge < -0.3 is 15.3 Å². The van der Waals surface area contributed by atoms with Gasteiger partial charge in [-0.15, -0.1) is 11.3 Å². The Morgan fingerprint density at radius 2 is 1.67 bits per heavy atom. The summed E-state index contributed by atoms with van der Waals surface area (Å²) in [5.74, 6) is -1.13. The molecular weight excluding hydrogens is 400 g/mol. The molecule has 0 aliphatic heterocycles. The number of phenolic OH excluding ortho intramolecular Hbond substituents is 2. The van der Waals surface area contributed by atoms with E-state index in [1.54, 1.807) is 12.3 Å². The zero-order chi connectivity index (χ0) is 22.1. The van der Waals surface area contributed by atoms with E-state index in [0.29, 0.717) is 11.3 Å². The first-order valence-corrected chi connectivity index (χ1v) is 10.2. The first-order valence-electron chi connectivity index (χ1n) is 9.36. The molecule has 1 aromatic heterocycles. The third-order valence-corrected chi connectivity index (χ3v) is 5.75. The Morgan fingerprint density at radius 1 is 1.00 bits per heavy atom.